The van der Waals surface area contributed by atoms with E-state index in [1.54, 1.807) is 0 Å². The van der Waals surface area contributed by atoms with Crippen LogP contribution < -0.4 is 0 Å². The summed E-state index contributed by atoms with van der Waals surface area (Å²) in [4.78, 5) is 5.19. The van der Waals surface area contributed by atoms with Crippen LogP contribution in [0.25, 0.3) is 131 Å². The normalized spacial score (nSPS) is 11.9. The molecule has 0 aliphatic heterocycles. The number of rotatable bonds is 6. The molecule has 0 spiro atoms. The maximum atomic E-state index is 7.28. The molecule has 5 heteroatoms. The van der Waals surface area contributed by atoms with Gasteiger partial charge in [0.1, 0.15) is 11.4 Å². The molecule has 0 saturated carbocycles. The minimum Gasteiger partial charge on any atom is -0.454 e. The lowest BCUT2D eigenvalue weighted by molar-refractivity contribution is 0.666. The Hall–Kier alpha value is -8.51. The zero-order chi connectivity index (χ0) is 43.3. The number of hydrogen-bond acceptors (Lipinski definition) is 3. The molecule has 0 saturated heterocycles. The largest absolute Gasteiger partial charge is 0.454 e. The summed E-state index contributed by atoms with van der Waals surface area (Å²) < 4.78 is 14.5. The molecule has 4 aromatic heterocycles. The van der Waals surface area contributed by atoms with Crippen LogP contribution in [-0.2, 0) is 0 Å². The average Bonchev–Trinajstić information content (AvgIpc) is 4.16. The smallest absolute Gasteiger partial charge is 0.159 e. The minimum atomic E-state index is 0.845. The van der Waals surface area contributed by atoms with Gasteiger partial charge in [0.15, 0.2) is 5.58 Å². The van der Waals surface area contributed by atoms with E-state index in [2.05, 4.69) is 234 Å². The molecule has 0 aliphatic rings. The zero-order valence-electron chi connectivity index (χ0n) is 35.5. The third kappa shape index (κ3) is 5.60. The van der Waals surface area contributed by atoms with Gasteiger partial charge in [-0.05, 0) is 94.0 Å². The highest BCUT2D eigenvalue weighted by Gasteiger charge is 2.23. The maximum absolute atomic E-state index is 7.28. The van der Waals surface area contributed by atoms with Gasteiger partial charge in [0, 0.05) is 48.3 Å². The van der Waals surface area contributed by atoms with E-state index in [1.807, 2.05) is 11.3 Å². The summed E-state index contributed by atoms with van der Waals surface area (Å²) in [7, 11) is 0. The monoisotopic (exact) mass is 859 g/mol. The van der Waals surface area contributed by atoms with E-state index < -0.39 is 0 Å². The van der Waals surface area contributed by atoms with Crippen molar-refractivity contribution in [3.63, 3.8) is 0 Å². The summed E-state index contributed by atoms with van der Waals surface area (Å²) in [6.45, 7) is 0. The molecule has 4 heterocycles. The Morgan fingerprint density at radius 3 is 1.91 bits per heavy atom. The molecular weight excluding hydrogens is 823 g/mol. The summed E-state index contributed by atoms with van der Waals surface area (Å²) in [6.07, 6.45) is 0. The molecule has 308 valence electrons. The molecule has 0 N–H and O–H groups in total. The molecule has 0 fully saturated rings. The SMILES string of the molecule is c1ccc(-c2cccc(-c3cc(-c4ccc(-c5nc6ccccc6n5-c5ccccc5)cc4)c4c(c3)oc3c(-n5c6ccccc6c6ccc7c8ccccc8sc7c65)cccc34)c2)cc1. The Labute approximate surface area is 383 Å². The predicted octanol–water partition coefficient (Wildman–Crippen LogP) is 17.1. The molecule has 0 unspecified atom stereocenters. The van der Waals surface area contributed by atoms with Gasteiger partial charge in [0.25, 0.3) is 0 Å². The van der Waals surface area contributed by atoms with Crippen LogP contribution in [0.5, 0.6) is 0 Å². The van der Waals surface area contributed by atoms with Crippen LogP contribution >= 0.6 is 11.3 Å². The fourth-order valence-corrected chi connectivity index (χ4v) is 11.6. The first-order valence-corrected chi connectivity index (χ1v) is 23.2. The van der Waals surface area contributed by atoms with Crippen LogP contribution in [0, 0.1) is 0 Å². The van der Waals surface area contributed by atoms with Gasteiger partial charge in [0.2, 0.25) is 0 Å². The number of furan rings is 1. The fourth-order valence-electron chi connectivity index (χ4n) is 10.3. The first-order chi connectivity index (χ1) is 32.7. The molecule has 4 nitrogen and oxygen atoms in total. The van der Waals surface area contributed by atoms with Crippen molar-refractivity contribution in [2.45, 2.75) is 0 Å². The number of imidazole rings is 1. The summed E-state index contributed by atoms with van der Waals surface area (Å²) in [5, 5.41) is 7.19. The number of hydrogen-bond donors (Lipinski definition) is 0. The van der Waals surface area contributed by atoms with Gasteiger partial charge in [0.05, 0.1) is 32.5 Å². The van der Waals surface area contributed by atoms with Crippen molar-refractivity contribution in [2.24, 2.45) is 0 Å². The minimum absolute atomic E-state index is 0.845. The molecule has 66 heavy (non-hydrogen) atoms. The van der Waals surface area contributed by atoms with Crippen LogP contribution in [0.2, 0.25) is 0 Å². The van der Waals surface area contributed by atoms with Crippen molar-refractivity contribution in [3.8, 4) is 56.1 Å². The third-order valence-corrected chi connectivity index (χ3v) is 14.5. The van der Waals surface area contributed by atoms with Crippen molar-refractivity contribution in [1.29, 1.82) is 0 Å². The second kappa shape index (κ2) is 14.5. The molecule has 10 aromatic carbocycles. The van der Waals surface area contributed by atoms with Gasteiger partial charge in [-0.3, -0.25) is 4.57 Å². The number of nitrogens with zero attached hydrogens (tertiary/aromatic N) is 3. The van der Waals surface area contributed by atoms with Crippen molar-refractivity contribution in [1.82, 2.24) is 14.1 Å². The standard InChI is InChI=1S/C61H37N3OS/c1-3-15-38(16-4-1)41-17-13-18-42(35-41)43-36-50(39-29-31-40(32-30-39)61-62-51-24-9-11-26-53(51)63(61)44-19-5-2-6-20-44)57-49-23-14-27-54(59(49)65-55(57)37-43)64-52-25-10-7-21-45(52)47-33-34-48-46-22-8-12-28-56(46)66-60(48)58(47)64/h1-37H. The van der Waals surface area contributed by atoms with Crippen molar-refractivity contribution >= 4 is 86.3 Å². The topological polar surface area (TPSA) is 35.9 Å². The number of fused-ring (bicyclic) bond motifs is 11. The van der Waals surface area contributed by atoms with Crippen molar-refractivity contribution < 1.29 is 4.42 Å². The highest BCUT2D eigenvalue weighted by Crippen LogP contribution is 2.47. The van der Waals surface area contributed by atoms with E-state index in [4.69, 9.17) is 9.40 Å². The van der Waals surface area contributed by atoms with Gasteiger partial charge in [-0.1, -0.05) is 164 Å². The Kier molecular flexibility index (Phi) is 8.12. The van der Waals surface area contributed by atoms with Gasteiger partial charge >= 0.3 is 0 Å². The highest BCUT2D eigenvalue weighted by atomic mass is 32.1. The van der Waals surface area contributed by atoms with Crippen molar-refractivity contribution in [2.75, 3.05) is 0 Å². The van der Waals surface area contributed by atoms with Crippen LogP contribution in [0.15, 0.2) is 229 Å². The maximum Gasteiger partial charge on any atom is 0.159 e. The summed E-state index contributed by atoms with van der Waals surface area (Å²) in [5.41, 5.74) is 16.0. The third-order valence-electron chi connectivity index (χ3n) is 13.3. The number of aromatic nitrogens is 3. The lowest BCUT2D eigenvalue weighted by Crippen LogP contribution is -1.97. The second-order valence-corrected chi connectivity index (χ2v) is 18.1. The predicted molar refractivity (Wildman–Crippen MR) is 277 cm³/mol. The second-order valence-electron chi connectivity index (χ2n) is 17.1. The van der Waals surface area contributed by atoms with Crippen LogP contribution in [0.4, 0.5) is 0 Å². The molecule has 0 amide bonds. The number of thiophene rings is 1. The van der Waals surface area contributed by atoms with E-state index >= 15 is 0 Å². The summed E-state index contributed by atoms with van der Waals surface area (Å²) >= 11 is 1.87. The van der Waals surface area contributed by atoms with E-state index in [0.717, 1.165) is 83.5 Å². The quantitative estimate of drug-likeness (QED) is 0.167. The van der Waals surface area contributed by atoms with Crippen molar-refractivity contribution in [3.05, 3.63) is 224 Å². The fraction of sp³-hybridized carbons (Fsp3) is 0. The molecule has 14 aromatic rings. The van der Waals surface area contributed by atoms with Crippen LogP contribution in [0.1, 0.15) is 0 Å². The molecular formula is C61H37N3OS. The van der Waals surface area contributed by atoms with E-state index in [-0.39, 0.29) is 0 Å². The van der Waals surface area contributed by atoms with E-state index in [1.165, 1.54) is 47.6 Å². The first-order valence-electron chi connectivity index (χ1n) is 22.4. The highest BCUT2D eigenvalue weighted by molar-refractivity contribution is 7.26. The molecule has 0 aliphatic carbocycles. The Bertz CT molecular complexity index is 4210. The van der Waals surface area contributed by atoms with Gasteiger partial charge in [-0.15, -0.1) is 11.3 Å². The van der Waals surface area contributed by atoms with Gasteiger partial charge in [-0.25, -0.2) is 4.98 Å². The van der Waals surface area contributed by atoms with Crippen LogP contribution in [-0.4, -0.2) is 14.1 Å². The number of para-hydroxylation sites is 5. The van der Waals surface area contributed by atoms with Crippen LogP contribution in [0.3, 0.4) is 0 Å². The van der Waals surface area contributed by atoms with E-state index in [0.29, 0.717) is 0 Å². The lowest BCUT2D eigenvalue weighted by atomic mass is 9.92. The zero-order valence-corrected chi connectivity index (χ0v) is 36.3. The Morgan fingerprint density at radius 2 is 1.06 bits per heavy atom. The molecule has 0 bridgehead atoms. The average molecular weight is 860 g/mol. The Morgan fingerprint density at radius 1 is 0.409 bits per heavy atom. The Balaban J connectivity index is 1.01. The van der Waals surface area contributed by atoms with Gasteiger partial charge < -0.3 is 8.98 Å². The molecule has 14 rings (SSSR count). The summed E-state index contributed by atoms with van der Waals surface area (Å²) in [5.74, 6) is 0.905. The first kappa shape index (κ1) is 36.9. The lowest BCUT2D eigenvalue weighted by Gasteiger charge is -2.12. The van der Waals surface area contributed by atoms with E-state index in [9.17, 15) is 0 Å². The number of benzene rings is 10. The summed E-state index contributed by atoms with van der Waals surface area (Å²) in [6, 6.07) is 80.6. The molecule has 0 atom stereocenters. The molecule has 0 radical (unpaired) electrons. The van der Waals surface area contributed by atoms with Gasteiger partial charge in [-0.2, -0.15) is 0 Å².